The number of aromatic nitrogens is 3. The molecule has 6 heteroatoms. The van der Waals surface area contributed by atoms with Crippen molar-refractivity contribution in [2.24, 2.45) is 0 Å². The van der Waals surface area contributed by atoms with Gasteiger partial charge in [-0.15, -0.1) is 11.3 Å². The Morgan fingerprint density at radius 1 is 1.00 bits per heavy atom. The predicted molar refractivity (Wildman–Crippen MR) is 118 cm³/mol. The summed E-state index contributed by atoms with van der Waals surface area (Å²) in [6.07, 6.45) is 5.69. The summed E-state index contributed by atoms with van der Waals surface area (Å²) in [5.41, 5.74) is 4.00. The van der Waals surface area contributed by atoms with Gasteiger partial charge in [-0.05, 0) is 35.7 Å². The Bertz CT molecular complexity index is 1250. The molecule has 3 aromatic heterocycles. The van der Waals surface area contributed by atoms with E-state index in [2.05, 4.69) is 67.0 Å². The van der Waals surface area contributed by atoms with Crippen LogP contribution in [0.4, 0.5) is 17.2 Å². The van der Waals surface area contributed by atoms with Crippen LogP contribution in [0.15, 0.2) is 73.2 Å². The molecule has 0 saturated heterocycles. The third kappa shape index (κ3) is 2.88. The molecule has 0 aliphatic carbocycles. The van der Waals surface area contributed by atoms with Crippen molar-refractivity contribution in [3.05, 3.63) is 73.2 Å². The maximum absolute atomic E-state index is 4.65. The number of rotatable bonds is 4. The molecule has 138 valence electrons. The summed E-state index contributed by atoms with van der Waals surface area (Å²) in [4.78, 5) is 12.4. The van der Waals surface area contributed by atoms with Gasteiger partial charge in [-0.1, -0.05) is 24.3 Å². The molecule has 0 bridgehead atoms. The van der Waals surface area contributed by atoms with Crippen LogP contribution in [0.5, 0.6) is 0 Å². The second-order valence-electron chi connectivity index (χ2n) is 6.83. The molecule has 0 spiro atoms. The second-order valence-corrected chi connectivity index (χ2v) is 7.91. The van der Waals surface area contributed by atoms with Gasteiger partial charge in [-0.3, -0.25) is 4.40 Å². The highest BCUT2D eigenvalue weighted by molar-refractivity contribution is 7.22. The molecule has 0 radical (unpaired) electrons. The molecule has 0 amide bonds. The lowest BCUT2D eigenvalue weighted by Crippen LogP contribution is -2.08. The zero-order valence-corrected chi connectivity index (χ0v) is 16.4. The number of thiophene rings is 1. The third-order valence-electron chi connectivity index (χ3n) is 4.73. The first-order valence-corrected chi connectivity index (χ1v) is 9.86. The van der Waals surface area contributed by atoms with E-state index in [4.69, 9.17) is 0 Å². The van der Waals surface area contributed by atoms with Crippen LogP contribution >= 0.6 is 11.3 Å². The highest BCUT2D eigenvalue weighted by Crippen LogP contribution is 2.34. The summed E-state index contributed by atoms with van der Waals surface area (Å²) in [6.45, 7) is 0. The first-order valence-electron chi connectivity index (χ1n) is 9.04. The molecule has 0 saturated carbocycles. The lowest BCUT2D eigenvalue weighted by atomic mass is 10.2. The molecule has 0 atom stereocenters. The molecule has 1 N–H and O–H groups in total. The Hall–Kier alpha value is -3.38. The Balaban J connectivity index is 1.56. The molecule has 0 aliphatic heterocycles. The van der Waals surface area contributed by atoms with Crippen LogP contribution in [-0.2, 0) is 0 Å². The van der Waals surface area contributed by atoms with Gasteiger partial charge in [0.25, 0.3) is 0 Å². The van der Waals surface area contributed by atoms with Crippen LogP contribution in [-0.4, -0.2) is 28.5 Å². The van der Waals surface area contributed by atoms with Crippen LogP contribution in [0, 0.1) is 0 Å². The van der Waals surface area contributed by atoms with Crippen LogP contribution in [0.3, 0.4) is 0 Å². The number of hydrogen-bond acceptors (Lipinski definition) is 5. The minimum absolute atomic E-state index is 0.741. The van der Waals surface area contributed by atoms with E-state index in [-0.39, 0.29) is 0 Å². The monoisotopic (exact) mass is 385 g/mol. The predicted octanol–water partition coefficient (Wildman–Crippen LogP) is 5.42. The fourth-order valence-electron chi connectivity index (χ4n) is 3.30. The molecule has 5 aromatic rings. The van der Waals surface area contributed by atoms with Crippen LogP contribution in [0.2, 0.25) is 0 Å². The van der Waals surface area contributed by atoms with E-state index in [1.54, 1.807) is 11.3 Å². The summed E-state index contributed by atoms with van der Waals surface area (Å²) in [5.74, 6) is 0.741. The largest absolute Gasteiger partial charge is 0.378 e. The van der Waals surface area contributed by atoms with Crippen LogP contribution in [0.1, 0.15) is 0 Å². The van der Waals surface area contributed by atoms with Crippen molar-refractivity contribution in [3.63, 3.8) is 0 Å². The van der Waals surface area contributed by atoms with E-state index in [1.165, 1.54) is 15.0 Å². The first-order chi connectivity index (χ1) is 13.7. The number of imidazole rings is 1. The standard InChI is InChI=1S/C22H19N5S/c1-26(2)17-8-5-7-16(13-17)25-21-22-24-14-18(27(22)11-10-23-21)20-12-15-6-3-4-9-19(15)28-20/h3-14H,1-2H3,(H,23,25). The third-order valence-corrected chi connectivity index (χ3v) is 5.87. The Morgan fingerprint density at radius 2 is 1.89 bits per heavy atom. The maximum atomic E-state index is 4.65. The molecule has 5 nitrogen and oxygen atoms in total. The normalized spacial score (nSPS) is 11.2. The second kappa shape index (κ2) is 6.65. The minimum Gasteiger partial charge on any atom is -0.378 e. The van der Waals surface area contributed by atoms with Crippen LogP contribution < -0.4 is 10.2 Å². The average Bonchev–Trinajstić information content (AvgIpc) is 3.32. The molecular formula is C22H19N5S. The molecule has 28 heavy (non-hydrogen) atoms. The van der Waals surface area contributed by atoms with E-state index >= 15 is 0 Å². The highest BCUT2D eigenvalue weighted by atomic mass is 32.1. The number of fused-ring (bicyclic) bond motifs is 2. The summed E-state index contributed by atoms with van der Waals surface area (Å²) < 4.78 is 3.37. The molecule has 3 heterocycles. The Labute approximate surface area is 166 Å². The number of nitrogens with zero attached hydrogens (tertiary/aromatic N) is 4. The van der Waals surface area contributed by atoms with E-state index in [0.29, 0.717) is 0 Å². The van der Waals surface area contributed by atoms with Gasteiger partial charge >= 0.3 is 0 Å². The van der Waals surface area contributed by atoms with Crippen molar-refractivity contribution in [3.8, 4) is 10.6 Å². The SMILES string of the molecule is CN(C)c1cccc(Nc2nccn3c(-c4cc5ccccc5s4)cnc23)c1. The maximum Gasteiger partial charge on any atom is 0.180 e. The van der Waals surface area contributed by atoms with Crippen molar-refractivity contribution in [1.29, 1.82) is 0 Å². The van der Waals surface area contributed by atoms with Gasteiger partial charge in [0, 0.05) is 42.6 Å². The zero-order chi connectivity index (χ0) is 19.1. The minimum atomic E-state index is 0.741. The van der Waals surface area contributed by atoms with Gasteiger partial charge in [-0.2, -0.15) is 0 Å². The number of anilines is 3. The van der Waals surface area contributed by atoms with Crippen molar-refractivity contribution >= 4 is 44.3 Å². The van der Waals surface area contributed by atoms with Crippen molar-refractivity contribution in [2.45, 2.75) is 0 Å². The van der Waals surface area contributed by atoms with Gasteiger partial charge in [-0.25, -0.2) is 9.97 Å². The number of hydrogen-bond donors (Lipinski definition) is 1. The van der Waals surface area contributed by atoms with Crippen molar-refractivity contribution < 1.29 is 0 Å². The van der Waals surface area contributed by atoms with Crippen LogP contribution in [0.25, 0.3) is 26.3 Å². The lowest BCUT2D eigenvalue weighted by Gasteiger charge is -2.14. The van der Waals surface area contributed by atoms with E-state index in [0.717, 1.165) is 28.5 Å². The van der Waals surface area contributed by atoms with Crippen molar-refractivity contribution in [1.82, 2.24) is 14.4 Å². The van der Waals surface area contributed by atoms with Crippen molar-refractivity contribution in [2.75, 3.05) is 24.3 Å². The van der Waals surface area contributed by atoms with Gasteiger partial charge in [0.2, 0.25) is 0 Å². The fraction of sp³-hybridized carbons (Fsp3) is 0.0909. The summed E-state index contributed by atoms with van der Waals surface area (Å²) in [5, 5.41) is 4.67. The highest BCUT2D eigenvalue weighted by Gasteiger charge is 2.13. The fourth-order valence-corrected chi connectivity index (χ4v) is 4.37. The van der Waals surface area contributed by atoms with Gasteiger partial charge < -0.3 is 10.2 Å². The molecular weight excluding hydrogens is 366 g/mol. The first kappa shape index (κ1) is 16.8. The quantitative estimate of drug-likeness (QED) is 0.449. The van der Waals surface area contributed by atoms with E-state index in [9.17, 15) is 0 Å². The van der Waals surface area contributed by atoms with Gasteiger partial charge in [0.15, 0.2) is 11.5 Å². The Morgan fingerprint density at radius 3 is 2.75 bits per heavy atom. The summed E-state index contributed by atoms with van der Waals surface area (Å²) in [7, 11) is 4.06. The molecule has 5 rings (SSSR count). The molecule has 0 fully saturated rings. The average molecular weight is 385 g/mol. The summed E-state index contributed by atoms with van der Waals surface area (Å²) in [6, 6.07) is 18.9. The number of benzene rings is 2. The zero-order valence-electron chi connectivity index (χ0n) is 15.6. The van der Waals surface area contributed by atoms with E-state index < -0.39 is 0 Å². The molecule has 0 unspecified atom stereocenters. The van der Waals surface area contributed by atoms with E-state index in [1.807, 2.05) is 44.8 Å². The Kier molecular flexibility index (Phi) is 3.98. The molecule has 2 aromatic carbocycles. The smallest absolute Gasteiger partial charge is 0.180 e. The topological polar surface area (TPSA) is 45.5 Å². The lowest BCUT2D eigenvalue weighted by molar-refractivity contribution is 1.13. The molecule has 0 aliphatic rings. The van der Waals surface area contributed by atoms with Gasteiger partial charge in [0.05, 0.1) is 16.8 Å². The van der Waals surface area contributed by atoms with Gasteiger partial charge in [0.1, 0.15) is 0 Å². The number of nitrogens with one attached hydrogen (secondary N) is 1. The summed E-state index contributed by atoms with van der Waals surface area (Å²) >= 11 is 1.78.